The molecule has 0 fully saturated rings. The van der Waals surface area contributed by atoms with Crippen LogP contribution in [0.3, 0.4) is 0 Å². The Morgan fingerprint density at radius 1 is 1.16 bits per heavy atom. The summed E-state index contributed by atoms with van der Waals surface area (Å²) < 4.78 is 7.49. The van der Waals surface area contributed by atoms with Gasteiger partial charge in [-0.15, -0.1) is 0 Å². The zero-order valence-corrected chi connectivity index (χ0v) is 21.7. The third-order valence-electron chi connectivity index (χ3n) is 5.57. The quantitative estimate of drug-likeness (QED) is 0.322. The fourth-order valence-electron chi connectivity index (χ4n) is 3.62. The number of hydrogen-bond donors (Lipinski definition) is 3. The standard InChI is InChI=1S/C27H34N8O2/c1-7-26-30-17-23(19-10-9-11-29-16-19)35(26)18-25(28)31-21-14-20(32-27(36)8-2)22(15-24(21)37-6)34(5)13-12-33(3)4/h7-11,14-18,31H,1-2,12-13,28H2,3-6H3,(H,32,36)/b25-18+. The van der Waals surface area contributed by atoms with Gasteiger partial charge in [-0.2, -0.15) is 0 Å². The largest absolute Gasteiger partial charge is 0.494 e. The molecule has 0 spiro atoms. The SMILES string of the molecule is C=CC(=O)Nc1cc(N/C(N)=C/n2c(-c3cccnc3)cnc2C=C)c(OC)cc1N(C)CCN(C)C. The molecule has 0 unspecified atom stereocenters. The van der Waals surface area contributed by atoms with Crippen molar-refractivity contribution >= 4 is 35.2 Å². The second-order valence-electron chi connectivity index (χ2n) is 8.51. The number of benzene rings is 1. The first-order valence-corrected chi connectivity index (χ1v) is 11.6. The van der Waals surface area contributed by atoms with E-state index in [2.05, 4.69) is 38.7 Å². The lowest BCUT2D eigenvalue weighted by Gasteiger charge is -2.26. The van der Waals surface area contributed by atoms with E-state index in [1.54, 1.807) is 44.0 Å². The van der Waals surface area contributed by atoms with Crippen LogP contribution in [0.15, 0.2) is 67.9 Å². The summed E-state index contributed by atoms with van der Waals surface area (Å²) in [5, 5.41) is 6.07. The van der Waals surface area contributed by atoms with E-state index in [9.17, 15) is 4.79 Å². The van der Waals surface area contributed by atoms with Crippen LogP contribution in [0.1, 0.15) is 5.82 Å². The van der Waals surface area contributed by atoms with Gasteiger partial charge in [0.1, 0.15) is 17.4 Å². The summed E-state index contributed by atoms with van der Waals surface area (Å²) in [4.78, 5) is 24.9. The predicted molar refractivity (Wildman–Crippen MR) is 151 cm³/mol. The van der Waals surface area contributed by atoms with Gasteiger partial charge in [-0.1, -0.05) is 13.2 Å². The van der Waals surface area contributed by atoms with Crippen LogP contribution >= 0.6 is 0 Å². The van der Waals surface area contributed by atoms with E-state index in [4.69, 9.17) is 10.5 Å². The number of carbonyl (C=O) groups excluding carboxylic acids is 1. The van der Waals surface area contributed by atoms with Gasteiger partial charge in [0.15, 0.2) is 0 Å². The van der Waals surface area contributed by atoms with Gasteiger partial charge in [0, 0.05) is 44.2 Å². The van der Waals surface area contributed by atoms with Gasteiger partial charge in [0.2, 0.25) is 5.91 Å². The van der Waals surface area contributed by atoms with Crippen molar-refractivity contribution in [1.82, 2.24) is 19.4 Å². The number of rotatable bonds is 12. The molecule has 0 radical (unpaired) electrons. The Bertz CT molecular complexity index is 1280. The van der Waals surface area contributed by atoms with Crippen LogP contribution in [0.4, 0.5) is 17.1 Å². The van der Waals surface area contributed by atoms with Crippen LogP contribution in [-0.4, -0.2) is 66.7 Å². The molecule has 0 saturated carbocycles. The molecule has 1 aromatic carbocycles. The number of carbonyl (C=O) groups is 1. The summed E-state index contributed by atoms with van der Waals surface area (Å²) in [5.41, 5.74) is 10.1. The maximum Gasteiger partial charge on any atom is 0.247 e. The minimum Gasteiger partial charge on any atom is -0.494 e. The maximum atomic E-state index is 12.2. The minimum absolute atomic E-state index is 0.319. The smallest absolute Gasteiger partial charge is 0.247 e. The topological polar surface area (TPSA) is 114 Å². The number of ether oxygens (including phenoxy) is 1. The summed E-state index contributed by atoms with van der Waals surface area (Å²) in [5.74, 6) is 1.17. The van der Waals surface area contributed by atoms with Crippen molar-refractivity contribution in [1.29, 1.82) is 0 Å². The summed E-state index contributed by atoms with van der Waals surface area (Å²) >= 11 is 0. The lowest BCUT2D eigenvalue weighted by atomic mass is 10.2. The van der Waals surface area contributed by atoms with Gasteiger partial charge in [0.05, 0.1) is 42.3 Å². The van der Waals surface area contributed by atoms with Gasteiger partial charge in [-0.05, 0) is 44.4 Å². The highest BCUT2D eigenvalue weighted by atomic mass is 16.5. The summed E-state index contributed by atoms with van der Waals surface area (Å²) in [7, 11) is 7.56. The Morgan fingerprint density at radius 2 is 1.95 bits per heavy atom. The molecular formula is C27H34N8O2. The number of aromatic nitrogens is 3. The number of likely N-dealkylation sites (N-methyl/N-ethyl adjacent to an activating group) is 2. The summed E-state index contributed by atoms with van der Waals surface area (Å²) in [6, 6.07) is 7.44. The predicted octanol–water partition coefficient (Wildman–Crippen LogP) is 3.55. The molecule has 1 amide bonds. The molecule has 2 heterocycles. The molecule has 2 aromatic heterocycles. The zero-order valence-electron chi connectivity index (χ0n) is 21.7. The number of amides is 1. The van der Waals surface area contributed by atoms with E-state index in [0.29, 0.717) is 28.8 Å². The number of nitrogens with one attached hydrogen (secondary N) is 2. The molecule has 0 bridgehead atoms. The fraction of sp³-hybridized carbons (Fsp3) is 0.222. The third kappa shape index (κ3) is 6.77. The Labute approximate surface area is 217 Å². The first-order chi connectivity index (χ1) is 17.8. The van der Waals surface area contributed by atoms with E-state index < -0.39 is 0 Å². The molecule has 0 aliphatic carbocycles. The van der Waals surface area contributed by atoms with Crippen LogP contribution < -0.4 is 26.0 Å². The van der Waals surface area contributed by atoms with Crippen molar-refractivity contribution in [3.8, 4) is 17.0 Å². The van der Waals surface area contributed by atoms with E-state index in [1.165, 1.54) is 6.08 Å². The number of anilines is 3. The molecule has 0 aliphatic heterocycles. The number of nitrogens with zero attached hydrogens (tertiary/aromatic N) is 5. The summed E-state index contributed by atoms with van der Waals surface area (Å²) in [6.07, 6.45) is 9.78. The van der Waals surface area contributed by atoms with E-state index in [0.717, 1.165) is 30.0 Å². The molecule has 0 aliphatic rings. The van der Waals surface area contributed by atoms with Crippen molar-refractivity contribution < 1.29 is 9.53 Å². The number of imidazole rings is 1. The monoisotopic (exact) mass is 502 g/mol. The van der Waals surface area contributed by atoms with Gasteiger partial charge < -0.3 is 30.9 Å². The highest BCUT2D eigenvalue weighted by Gasteiger charge is 2.16. The highest BCUT2D eigenvalue weighted by molar-refractivity contribution is 6.02. The van der Waals surface area contributed by atoms with Crippen LogP contribution in [0.5, 0.6) is 5.75 Å². The first kappa shape index (κ1) is 27.0. The maximum absolute atomic E-state index is 12.2. The molecule has 3 rings (SSSR count). The Morgan fingerprint density at radius 3 is 2.57 bits per heavy atom. The highest BCUT2D eigenvalue weighted by Crippen LogP contribution is 2.37. The molecule has 0 atom stereocenters. The Balaban J connectivity index is 2.00. The Hall–Kier alpha value is -4.57. The number of nitrogens with two attached hydrogens (primary N) is 1. The van der Waals surface area contributed by atoms with Gasteiger partial charge in [-0.25, -0.2) is 4.98 Å². The van der Waals surface area contributed by atoms with Crippen molar-refractivity contribution in [3.05, 3.63) is 73.7 Å². The van der Waals surface area contributed by atoms with Crippen molar-refractivity contribution in [2.24, 2.45) is 5.73 Å². The molecule has 194 valence electrons. The molecule has 0 saturated heterocycles. The van der Waals surface area contributed by atoms with Crippen molar-refractivity contribution in [2.75, 3.05) is 56.9 Å². The molecule has 37 heavy (non-hydrogen) atoms. The fourth-order valence-corrected chi connectivity index (χ4v) is 3.62. The first-order valence-electron chi connectivity index (χ1n) is 11.6. The van der Waals surface area contributed by atoms with Crippen LogP contribution in [0, 0.1) is 0 Å². The third-order valence-corrected chi connectivity index (χ3v) is 5.57. The van der Waals surface area contributed by atoms with Crippen LogP contribution in [0.25, 0.3) is 23.5 Å². The molecule has 10 nitrogen and oxygen atoms in total. The summed E-state index contributed by atoms with van der Waals surface area (Å²) in [6.45, 7) is 8.99. The second-order valence-corrected chi connectivity index (χ2v) is 8.51. The van der Waals surface area contributed by atoms with E-state index in [-0.39, 0.29) is 5.91 Å². The molecular weight excluding hydrogens is 468 g/mol. The molecule has 4 N–H and O–H groups in total. The molecule has 10 heteroatoms. The van der Waals surface area contributed by atoms with Crippen molar-refractivity contribution in [2.45, 2.75) is 0 Å². The van der Waals surface area contributed by atoms with Crippen LogP contribution in [-0.2, 0) is 4.79 Å². The van der Waals surface area contributed by atoms with Crippen molar-refractivity contribution in [3.63, 3.8) is 0 Å². The zero-order chi connectivity index (χ0) is 26.9. The number of methoxy groups -OCH3 is 1. The van der Waals surface area contributed by atoms with Gasteiger partial charge in [-0.3, -0.25) is 14.3 Å². The van der Waals surface area contributed by atoms with Gasteiger partial charge >= 0.3 is 0 Å². The van der Waals surface area contributed by atoms with Gasteiger partial charge in [0.25, 0.3) is 0 Å². The van der Waals surface area contributed by atoms with E-state index in [1.807, 2.05) is 48.8 Å². The lowest BCUT2D eigenvalue weighted by molar-refractivity contribution is -0.111. The average molecular weight is 503 g/mol. The normalized spacial score (nSPS) is 11.2. The van der Waals surface area contributed by atoms with Crippen LogP contribution in [0.2, 0.25) is 0 Å². The van der Waals surface area contributed by atoms with E-state index >= 15 is 0 Å². The second kappa shape index (κ2) is 12.4. The average Bonchev–Trinajstić information content (AvgIpc) is 3.29. The Kier molecular flexibility index (Phi) is 9.06. The number of pyridine rings is 1. The lowest BCUT2D eigenvalue weighted by Crippen LogP contribution is -2.29. The minimum atomic E-state index is -0.322. The number of hydrogen-bond acceptors (Lipinski definition) is 8. The molecule has 3 aromatic rings.